The Morgan fingerprint density at radius 2 is 1.52 bits per heavy atom. The van der Waals surface area contributed by atoms with Crippen LogP contribution in [-0.2, 0) is 14.2 Å². The van der Waals surface area contributed by atoms with Crippen LogP contribution in [0.15, 0.2) is 60.7 Å². The Hall–Kier alpha value is -2.67. The van der Waals surface area contributed by atoms with Crippen LogP contribution in [0, 0.1) is 0 Å². The van der Waals surface area contributed by atoms with Gasteiger partial charge in [0.05, 0.1) is 17.1 Å². The Kier molecular flexibility index (Phi) is 4.07. The van der Waals surface area contributed by atoms with E-state index in [0.29, 0.717) is 5.56 Å². The Morgan fingerprint density at radius 3 is 2.07 bits per heavy atom. The quantitative estimate of drug-likeness (QED) is 0.615. The van der Waals surface area contributed by atoms with E-state index >= 15 is 4.39 Å². The highest BCUT2D eigenvalue weighted by Crippen LogP contribution is 2.61. The van der Waals surface area contributed by atoms with Gasteiger partial charge in [0.25, 0.3) is 0 Å². The van der Waals surface area contributed by atoms with Crippen LogP contribution in [0.4, 0.5) is 4.39 Å². The van der Waals surface area contributed by atoms with E-state index in [-0.39, 0.29) is 5.56 Å². The second-order valence-electron chi connectivity index (χ2n) is 6.79. The average molecular weight is 366 g/mol. The Morgan fingerprint density at radius 1 is 1.00 bits per heavy atom. The van der Waals surface area contributed by atoms with Crippen LogP contribution >= 0.6 is 0 Å². The number of ether oxygens (including phenoxy) is 3. The summed E-state index contributed by atoms with van der Waals surface area (Å²) < 4.78 is 31.6. The maximum Gasteiger partial charge on any atom is 0.339 e. The van der Waals surface area contributed by atoms with E-state index in [1.54, 1.807) is 60.7 Å². The highest BCUT2D eigenvalue weighted by molar-refractivity contribution is 6.12. The first-order valence-electron chi connectivity index (χ1n) is 8.52. The third kappa shape index (κ3) is 2.65. The standard InChI is InChI=1S/C20H16BFO5/c1-19(22)18(21)26-15-14(25-16(23)12-8-4-2-5-9-12)20(15,19)27-17(24)13-10-6-3-7-11-13/h2-11,14-15,18H,1H3. The molecule has 0 amide bonds. The lowest BCUT2D eigenvalue weighted by molar-refractivity contribution is -0.0766. The molecule has 1 aliphatic carbocycles. The van der Waals surface area contributed by atoms with Gasteiger partial charge in [0.2, 0.25) is 5.60 Å². The minimum atomic E-state index is -2.22. The summed E-state index contributed by atoms with van der Waals surface area (Å²) in [6.07, 6.45) is -2.03. The van der Waals surface area contributed by atoms with Crippen molar-refractivity contribution in [1.29, 1.82) is 0 Å². The van der Waals surface area contributed by atoms with E-state index in [1.165, 1.54) is 6.92 Å². The maximum absolute atomic E-state index is 15.4. The Balaban J connectivity index is 1.59. The molecule has 27 heavy (non-hydrogen) atoms. The number of halogens is 1. The lowest BCUT2D eigenvalue weighted by Crippen LogP contribution is -2.50. The highest BCUT2D eigenvalue weighted by atomic mass is 19.1. The molecule has 1 aliphatic heterocycles. The van der Waals surface area contributed by atoms with E-state index in [4.69, 9.17) is 22.1 Å². The minimum Gasteiger partial charge on any atom is -0.451 e. The molecule has 0 spiro atoms. The fourth-order valence-corrected chi connectivity index (χ4v) is 3.45. The number of hydrogen-bond acceptors (Lipinski definition) is 5. The minimum absolute atomic E-state index is 0.252. The molecule has 7 heteroatoms. The number of fused-ring (bicyclic) bond motifs is 1. The third-order valence-electron chi connectivity index (χ3n) is 5.12. The number of rotatable bonds is 4. The number of esters is 2. The van der Waals surface area contributed by atoms with Crippen LogP contribution in [0.2, 0.25) is 0 Å². The molecule has 1 saturated carbocycles. The third-order valence-corrected chi connectivity index (χ3v) is 5.12. The summed E-state index contributed by atoms with van der Waals surface area (Å²) in [6, 6.07) is 15.1. The molecule has 5 atom stereocenters. The van der Waals surface area contributed by atoms with Crippen LogP contribution in [0.25, 0.3) is 0 Å². The Bertz CT molecular complexity index is 872. The molecule has 2 aliphatic rings. The first-order chi connectivity index (χ1) is 12.9. The predicted octanol–water partition coefficient (Wildman–Crippen LogP) is 2.44. The van der Waals surface area contributed by atoms with Gasteiger partial charge < -0.3 is 14.2 Å². The zero-order valence-corrected chi connectivity index (χ0v) is 14.5. The number of carbonyl (C=O) groups excluding carboxylic acids is 2. The van der Waals surface area contributed by atoms with Crippen molar-refractivity contribution >= 4 is 19.8 Å². The second-order valence-corrected chi connectivity index (χ2v) is 6.79. The van der Waals surface area contributed by atoms with Crippen molar-refractivity contribution in [3.05, 3.63) is 71.8 Å². The summed E-state index contributed by atoms with van der Waals surface area (Å²) in [6.45, 7) is 1.19. The lowest BCUT2D eigenvalue weighted by atomic mass is 9.81. The molecule has 136 valence electrons. The van der Waals surface area contributed by atoms with E-state index in [9.17, 15) is 9.59 Å². The van der Waals surface area contributed by atoms with Gasteiger partial charge in [0, 0.05) is 0 Å². The summed E-state index contributed by atoms with van der Waals surface area (Å²) in [5.41, 5.74) is -3.44. The van der Waals surface area contributed by atoms with Crippen molar-refractivity contribution in [3.8, 4) is 0 Å². The van der Waals surface area contributed by atoms with Crippen LogP contribution in [0.1, 0.15) is 27.6 Å². The van der Waals surface area contributed by atoms with Crippen molar-refractivity contribution in [2.24, 2.45) is 0 Å². The van der Waals surface area contributed by atoms with E-state index in [0.717, 1.165) is 0 Å². The van der Waals surface area contributed by atoms with E-state index in [1.807, 2.05) is 0 Å². The van der Waals surface area contributed by atoms with Crippen molar-refractivity contribution < 1.29 is 28.2 Å². The molecule has 2 radical (unpaired) electrons. The normalized spacial score (nSPS) is 33.8. The van der Waals surface area contributed by atoms with E-state index in [2.05, 4.69) is 0 Å². The van der Waals surface area contributed by atoms with Gasteiger partial charge in [-0.25, -0.2) is 14.0 Å². The van der Waals surface area contributed by atoms with Gasteiger partial charge in [-0.05, 0) is 31.2 Å². The van der Waals surface area contributed by atoms with Crippen molar-refractivity contribution in [2.45, 2.75) is 36.4 Å². The molecule has 2 fully saturated rings. The van der Waals surface area contributed by atoms with Crippen LogP contribution in [0.5, 0.6) is 0 Å². The molecule has 0 N–H and O–H groups in total. The van der Waals surface area contributed by atoms with Gasteiger partial charge in [-0.1, -0.05) is 36.4 Å². The topological polar surface area (TPSA) is 61.8 Å². The molecule has 4 rings (SSSR count). The molecule has 1 saturated heterocycles. The zero-order chi connectivity index (χ0) is 19.2. The number of carbonyl (C=O) groups is 2. The van der Waals surface area contributed by atoms with Crippen molar-refractivity contribution in [2.75, 3.05) is 0 Å². The number of alkyl halides is 1. The summed E-state index contributed by atoms with van der Waals surface area (Å²) in [7, 11) is 5.71. The zero-order valence-electron chi connectivity index (χ0n) is 14.5. The van der Waals surface area contributed by atoms with Gasteiger partial charge in [-0.15, -0.1) is 0 Å². The van der Waals surface area contributed by atoms with Gasteiger partial charge in [-0.3, -0.25) is 0 Å². The SMILES string of the molecule is [B]C1OC2C(OC(=O)c3ccccc3)C2(OC(=O)c2ccccc2)C1(C)F. The van der Waals surface area contributed by atoms with Crippen molar-refractivity contribution in [3.63, 3.8) is 0 Å². The molecule has 2 aromatic rings. The second kappa shape index (κ2) is 6.20. The summed E-state index contributed by atoms with van der Waals surface area (Å²) in [4.78, 5) is 24.8. The van der Waals surface area contributed by atoms with Crippen LogP contribution in [0.3, 0.4) is 0 Å². The van der Waals surface area contributed by atoms with E-state index < -0.39 is 41.4 Å². The molecule has 1 heterocycles. The predicted molar refractivity (Wildman–Crippen MR) is 94.2 cm³/mol. The summed E-state index contributed by atoms with van der Waals surface area (Å²) in [5.74, 6) is -1.39. The number of benzene rings is 2. The smallest absolute Gasteiger partial charge is 0.339 e. The fraction of sp³-hybridized carbons (Fsp3) is 0.300. The largest absolute Gasteiger partial charge is 0.451 e. The lowest BCUT2D eigenvalue weighted by Gasteiger charge is -2.30. The monoisotopic (exact) mass is 366 g/mol. The Labute approximate surface area is 156 Å². The molecule has 0 bridgehead atoms. The van der Waals surface area contributed by atoms with Gasteiger partial charge in [-0.2, -0.15) is 0 Å². The maximum atomic E-state index is 15.4. The molecule has 0 aromatic heterocycles. The molecular weight excluding hydrogens is 350 g/mol. The molecule has 5 nitrogen and oxygen atoms in total. The summed E-state index contributed by atoms with van der Waals surface area (Å²) in [5, 5.41) is 0. The highest BCUT2D eigenvalue weighted by Gasteiger charge is 2.87. The molecule has 2 aromatic carbocycles. The summed E-state index contributed by atoms with van der Waals surface area (Å²) >= 11 is 0. The van der Waals surface area contributed by atoms with Gasteiger partial charge >= 0.3 is 11.9 Å². The first-order valence-corrected chi connectivity index (χ1v) is 8.52. The van der Waals surface area contributed by atoms with Gasteiger partial charge in [0.1, 0.15) is 14.0 Å². The van der Waals surface area contributed by atoms with Crippen LogP contribution < -0.4 is 0 Å². The van der Waals surface area contributed by atoms with Crippen LogP contribution in [-0.4, -0.2) is 49.3 Å². The fourth-order valence-electron chi connectivity index (χ4n) is 3.45. The van der Waals surface area contributed by atoms with Crippen molar-refractivity contribution in [1.82, 2.24) is 0 Å². The number of hydrogen-bond donors (Lipinski definition) is 0. The van der Waals surface area contributed by atoms with Gasteiger partial charge in [0.15, 0.2) is 11.8 Å². The molecular formula is C20H16BFO5. The molecule has 5 unspecified atom stereocenters. The average Bonchev–Trinajstić information content (AvgIpc) is 3.22. The first kappa shape index (κ1) is 17.7.